The number of hydrogen-bond acceptors (Lipinski definition) is 2. The van der Waals surface area contributed by atoms with Crippen LogP contribution in [0.4, 0.5) is 13.2 Å². The average molecular weight is 330 g/mol. The van der Waals surface area contributed by atoms with Gasteiger partial charge in [0.1, 0.15) is 5.25 Å². The predicted molar refractivity (Wildman–Crippen MR) is 64.1 cm³/mol. The van der Waals surface area contributed by atoms with Crippen molar-refractivity contribution in [2.75, 3.05) is 6.54 Å². The highest BCUT2D eigenvalue weighted by molar-refractivity contribution is 9.10. The first-order valence-electron chi connectivity index (χ1n) is 4.79. The van der Waals surface area contributed by atoms with E-state index < -0.39 is 22.2 Å². The van der Waals surface area contributed by atoms with Crippen LogP contribution in [0.15, 0.2) is 33.6 Å². The highest BCUT2D eigenvalue weighted by Crippen LogP contribution is 2.32. The number of alkyl halides is 3. The Bertz CT molecular complexity index is 411. The van der Waals surface area contributed by atoms with Crippen LogP contribution >= 0.6 is 15.9 Å². The van der Waals surface area contributed by atoms with Crippen molar-refractivity contribution in [3.8, 4) is 0 Å². The molecule has 1 rings (SSSR count). The topological polar surface area (TPSA) is 43.1 Å². The number of hydrogen-bond donors (Lipinski definition) is 1. The molecule has 0 heterocycles. The van der Waals surface area contributed by atoms with E-state index in [1.54, 1.807) is 18.2 Å². The Morgan fingerprint density at radius 2 is 1.94 bits per heavy atom. The van der Waals surface area contributed by atoms with Gasteiger partial charge in [-0.25, -0.2) is 0 Å². The van der Waals surface area contributed by atoms with Crippen molar-refractivity contribution in [3.63, 3.8) is 0 Å². The van der Waals surface area contributed by atoms with Gasteiger partial charge in [0.2, 0.25) is 0 Å². The zero-order valence-corrected chi connectivity index (χ0v) is 11.1. The Balaban J connectivity index is 3.05. The Labute approximate surface area is 108 Å². The van der Waals surface area contributed by atoms with E-state index in [4.69, 9.17) is 5.73 Å². The minimum atomic E-state index is -4.51. The van der Waals surface area contributed by atoms with Gasteiger partial charge in [0.25, 0.3) is 0 Å². The highest BCUT2D eigenvalue weighted by Gasteiger charge is 2.44. The molecule has 0 aliphatic carbocycles. The zero-order chi connectivity index (χ0) is 13.1. The predicted octanol–water partition coefficient (Wildman–Crippen LogP) is 2.84. The molecule has 0 bridgehead atoms. The summed E-state index contributed by atoms with van der Waals surface area (Å²) in [4.78, 5) is 0.142. The molecule has 2 unspecified atom stereocenters. The first-order chi connectivity index (χ1) is 7.88. The lowest BCUT2D eigenvalue weighted by Gasteiger charge is -2.19. The van der Waals surface area contributed by atoms with Crippen LogP contribution in [0.1, 0.15) is 6.42 Å². The van der Waals surface area contributed by atoms with Crippen molar-refractivity contribution in [2.24, 2.45) is 5.73 Å². The Morgan fingerprint density at radius 3 is 2.41 bits per heavy atom. The summed E-state index contributed by atoms with van der Waals surface area (Å²) in [6, 6.07) is 6.17. The molecule has 1 aromatic rings. The minimum absolute atomic E-state index is 0.142. The van der Waals surface area contributed by atoms with Gasteiger partial charge in [-0.15, -0.1) is 0 Å². The van der Waals surface area contributed by atoms with Crippen LogP contribution in [0.5, 0.6) is 0 Å². The molecule has 2 atom stereocenters. The van der Waals surface area contributed by atoms with Crippen LogP contribution in [0.25, 0.3) is 0 Å². The molecular weight excluding hydrogens is 319 g/mol. The molecule has 0 spiro atoms. The molecule has 0 aromatic heterocycles. The fraction of sp³-hybridized carbons (Fsp3) is 0.400. The van der Waals surface area contributed by atoms with Gasteiger partial charge in [-0.1, -0.05) is 12.1 Å². The first kappa shape index (κ1) is 14.7. The quantitative estimate of drug-likeness (QED) is 0.923. The van der Waals surface area contributed by atoms with Gasteiger partial charge >= 0.3 is 6.18 Å². The summed E-state index contributed by atoms with van der Waals surface area (Å²) in [5.74, 6) is 0. The SMILES string of the molecule is NCCC(S(=O)c1ccccc1Br)C(F)(F)F. The van der Waals surface area contributed by atoms with E-state index in [9.17, 15) is 17.4 Å². The molecule has 2 N–H and O–H groups in total. The molecule has 0 saturated carbocycles. The lowest BCUT2D eigenvalue weighted by molar-refractivity contribution is -0.130. The molecule has 0 saturated heterocycles. The number of benzene rings is 1. The number of rotatable bonds is 4. The third-order valence-corrected chi connectivity index (χ3v) is 4.87. The monoisotopic (exact) mass is 329 g/mol. The maximum atomic E-state index is 12.7. The smallest absolute Gasteiger partial charge is 0.330 e. The second-order valence-electron chi connectivity index (χ2n) is 3.34. The van der Waals surface area contributed by atoms with Crippen molar-refractivity contribution in [1.29, 1.82) is 0 Å². The zero-order valence-electron chi connectivity index (χ0n) is 8.71. The van der Waals surface area contributed by atoms with Gasteiger partial charge in [-0.3, -0.25) is 4.21 Å². The van der Waals surface area contributed by atoms with Crippen LogP contribution < -0.4 is 5.73 Å². The summed E-state index contributed by atoms with van der Waals surface area (Å²) < 4.78 is 50.4. The second-order valence-corrected chi connectivity index (χ2v) is 5.79. The molecule has 0 aliphatic rings. The van der Waals surface area contributed by atoms with Gasteiger partial charge in [0.15, 0.2) is 0 Å². The van der Waals surface area contributed by atoms with Crippen LogP contribution in [0.3, 0.4) is 0 Å². The normalized spacial score (nSPS) is 15.6. The molecule has 1 aromatic carbocycles. The summed E-state index contributed by atoms with van der Waals surface area (Å²) in [7, 11) is -2.15. The molecular formula is C10H11BrF3NOS. The van der Waals surface area contributed by atoms with Crippen molar-refractivity contribution >= 4 is 26.7 Å². The van der Waals surface area contributed by atoms with E-state index >= 15 is 0 Å². The molecule has 0 radical (unpaired) electrons. The van der Waals surface area contributed by atoms with Crippen LogP contribution in [0.2, 0.25) is 0 Å². The van der Waals surface area contributed by atoms with E-state index in [1.165, 1.54) is 6.07 Å². The Hall–Kier alpha value is -0.400. The fourth-order valence-corrected chi connectivity index (χ4v) is 3.44. The molecule has 0 fully saturated rings. The average Bonchev–Trinajstić information content (AvgIpc) is 2.24. The summed E-state index contributed by atoms with van der Waals surface area (Å²) in [5.41, 5.74) is 5.13. The van der Waals surface area contributed by atoms with E-state index in [2.05, 4.69) is 15.9 Å². The minimum Gasteiger partial charge on any atom is -0.330 e. The fourth-order valence-electron chi connectivity index (χ4n) is 1.30. The highest BCUT2D eigenvalue weighted by atomic mass is 79.9. The van der Waals surface area contributed by atoms with Crippen LogP contribution in [-0.2, 0) is 10.8 Å². The van der Waals surface area contributed by atoms with Gasteiger partial charge in [-0.2, -0.15) is 13.2 Å². The lowest BCUT2D eigenvalue weighted by atomic mass is 10.3. The van der Waals surface area contributed by atoms with E-state index in [-0.39, 0.29) is 17.9 Å². The first-order valence-corrected chi connectivity index (χ1v) is 6.80. The Kier molecular flexibility index (Phi) is 5.15. The molecule has 2 nitrogen and oxygen atoms in total. The number of nitrogens with two attached hydrogens (primary N) is 1. The number of halogens is 4. The van der Waals surface area contributed by atoms with Gasteiger partial charge < -0.3 is 5.73 Å². The summed E-state index contributed by atoms with van der Waals surface area (Å²) >= 11 is 3.09. The standard InChI is InChI=1S/C10H11BrF3NOS/c11-7-3-1-2-4-8(7)17(16)9(5-6-15)10(12,13)14/h1-4,9H,5-6,15H2. The van der Waals surface area contributed by atoms with Gasteiger partial charge in [0.05, 0.1) is 15.7 Å². The van der Waals surface area contributed by atoms with Crippen molar-refractivity contribution in [1.82, 2.24) is 0 Å². The molecule has 7 heteroatoms. The maximum Gasteiger partial charge on any atom is 0.403 e. The van der Waals surface area contributed by atoms with Crippen LogP contribution in [-0.4, -0.2) is 22.2 Å². The third kappa shape index (κ3) is 3.79. The largest absolute Gasteiger partial charge is 0.403 e. The molecule has 0 aliphatic heterocycles. The third-order valence-electron chi connectivity index (χ3n) is 2.11. The van der Waals surface area contributed by atoms with E-state index in [0.717, 1.165) is 0 Å². The van der Waals surface area contributed by atoms with Gasteiger partial charge in [0, 0.05) is 4.47 Å². The maximum absolute atomic E-state index is 12.7. The van der Waals surface area contributed by atoms with E-state index in [0.29, 0.717) is 4.47 Å². The summed E-state index contributed by atoms with van der Waals surface area (Å²) in [6.45, 7) is -0.152. The molecule has 17 heavy (non-hydrogen) atoms. The van der Waals surface area contributed by atoms with Crippen LogP contribution in [0, 0.1) is 0 Å². The van der Waals surface area contributed by atoms with Crippen molar-refractivity contribution in [2.45, 2.75) is 22.7 Å². The Morgan fingerprint density at radius 1 is 1.35 bits per heavy atom. The lowest BCUT2D eigenvalue weighted by Crippen LogP contribution is -2.35. The van der Waals surface area contributed by atoms with Crippen molar-refractivity contribution in [3.05, 3.63) is 28.7 Å². The summed E-state index contributed by atoms with van der Waals surface area (Å²) in [6.07, 6.45) is -4.86. The second kappa shape index (κ2) is 5.97. The van der Waals surface area contributed by atoms with Gasteiger partial charge in [-0.05, 0) is 41.0 Å². The van der Waals surface area contributed by atoms with Crippen molar-refractivity contribution < 1.29 is 17.4 Å². The van der Waals surface area contributed by atoms with E-state index in [1.807, 2.05) is 0 Å². The summed E-state index contributed by atoms with van der Waals surface area (Å²) in [5, 5.41) is -1.92. The molecule has 96 valence electrons. The molecule has 0 amide bonds.